The van der Waals surface area contributed by atoms with Gasteiger partial charge in [-0.15, -0.1) is 0 Å². The molecule has 0 radical (unpaired) electrons. The van der Waals surface area contributed by atoms with Crippen molar-refractivity contribution in [2.75, 3.05) is 6.54 Å². The van der Waals surface area contributed by atoms with Gasteiger partial charge < -0.3 is 10.5 Å². The lowest BCUT2D eigenvalue weighted by atomic mass is 10.8. The van der Waals surface area contributed by atoms with E-state index in [1.54, 1.807) is 0 Å². The normalized spacial score (nSPS) is 4.17. The van der Waals surface area contributed by atoms with E-state index in [0.29, 0.717) is 6.29 Å². The molecule has 0 saturated heterocycles. The lowest BCUT2D eigenvalue weighted by Gasteiger charge is -1.55. The Labute approximate surface area is 51.0 Å². The summed E-state index contributed by atoms with van der Waals surface area (Å²) in [6.07, 6.45) is 0.653. The first-order valence-corrected chi connectivity index (χ1v) is 1.05. The molecule has 0 saturated carbocycles. The molecule has 0 spiro atoms. The topological polar surface area (TPSA) is 43.1 Å². The van der Waals surface area contributed by atoms with Crippen LogP contribution < -0.4 is 5.73 Å². The maximum Gasteiger partial charge on any atom is 0.133 e. The van der Waals surface area contributed by atoms with Gasteiger partial charge in [0.05, 0.1) is 0 Å². The summed E-state index contributed by atoms with van der Waals surface area (Å²) in [5.74, 6) is 0. The van der Waals surface area contributed by atoms with Crippen molar-refractivity contribution in [3.8, 4) is 0 Å². The summed E-state index contributed by atoms with van der Waals surface area (Å²) in [5, 5.41) is 0. The zero-order valence-corrected chi connectivity index (χ0v) is 5.27. The van der Waals surface area contributed by atoms with Crippen molar-refractivity contribution in [1.82, 2.24) is 0 Å². The molecule has 0 bridgehead atoms. The summed E-state index contributed by atoms with van der Waals surface area (Å²) in [6.45, 7) is 0.139. The third kappa shape index (κ3) is 27.1. The second kappa shape index (κ2) is 18.4. The van der Waals surface area contributed by atoms with Gasteiger partial charge in [-0.25, -0.2) is 0 Å². The molecular formula is C2H9NOS2. The van der Waals surface area contributed by atoms with Crippen molar-refractivity contribution < 1.29 is 4.79 Å². The Hall–Kier alpha value is 0.330. The van der Waals surface area contributed by atoms with Crippen molar-refractivity contribution in [2.45, 2.75) is 0 Å². The van der Waals surface area contributed by atoms with Gasteiger partial charge >= 0.3 is 0 Å². The Morgan fingerprint density at radius 2 is 1.67 bits per heavy atom. The van der Waals surface area contributed by atoms with E-state index < -0.39 is 0 Å². The first-order chi connectivity index (χ1) is 1.91. The average Bonchev–Trinajstić information content (AvgIpc) is 1.37. The molecule has 0 aliphatic rings. The van der Waals surface area contributed by atoms with E-state index in [0.717, 1.165) is 0 Å². The minimum Gasteiger partial charge on any atom is -0.324 e. The molecule has 0 aliphatic carbocycles. The Balaban J connectivity index is -0.0000000450. The van der Waals surface area contributed by atoms with Gasteiger partial charge in [0.1, 0.15) is 6.29 Å². The van der Waals surface area contributed by atoms with Crippen LogP contribution in [0.15, 0.2) is 0 Å². The zero-order valence-electron chi connectivity index (χ0n) is 3.27. The standard InChI is InChI=1S/C2H5NO.2H2S/c3-1-2-4;;/h2H,1,3H2;2*1H2. The predicted octanol–water partition coefficient (Wildman–Crippen LogP) is -0.630. The summed E-state index contributed by atoms with van der Waals surface area (Å²) in [5.41, 5.74) is 4.66. The minimum absolute atomic E-state index is 0. The molecule has 6 heavy (non-hydrogen) atoms. The molecule has 0 amide bonds. The predicted molar refractivity (Wildman–Crippen MR) is 35.9 cm³/mol. The number of carbonyl (C=O) groups excluding carboxylic acids is 1. The number of hydrogen-bond donors (Lipinski definition) is 1. The molecule has 0 atom stereocenters. The van der Waals surface area contributed by atoms with Crippen LogP contribution in [0.5, 0.6) is 0 Å². The second-order valence-electron chi connectivity index (χ2n) is 0.402. The quantitative estimate of drug-likeness (QED) is 0.477. The lowest BCUT2D eigenvalue weighted by molar-refractivity contribution is -0.106. The Bertz CT molecular complexity index is 25.5. The second-order valence-corrected chi connectivity index (χ2v) is 0.402. The summed E-state index contributed by atoms with van der Waals surface area (Å²) in [6, 6.07) is 0. The van der Waals surface area contributed by atoms with Gasteiger partial charge in [-0.1, -0.05) is 0 Å². The number of hydrogen-bond acceptors (Lipinski definition) is 2. The van der Waals surface area contributed by atoms with Crippen LogP contribution in [0.4, 0.5) is 0 Å². The minimum atomic E-state index is 0. The maximum absolute atomic E-state index is 9.05. The molecule has 0 aromatic heterocycles. The highest BCUT2D eigenvalue weighted by molar-refractivity contribution is 7.59. The fourth-order valence-corrected chi connectivity index (χ4v) is 0. The van der Waals surface area contributed by atoms with Crippen LogP contribution in [-0.2, 0) is 4.79 Å². The molecule has 4 heteroatoms. The van der Waals surface area contributed by atoms with E-state index in [2.05, 4.69) is 5.73 Å². The first-order valence-electron chi connectivity index (χ1n) is 1.05. The van der Waals surface area contributed by atoms with Gasteiger partial charge in [0.15, 0.2) is 0 Å². The van der Waals surface area contributed by atoms with Crippen LogP contribution >= 0.6 is 27.0 Å². The SMILES string of the molecule is NCC=O.S.S. The van der Waals surface area contributed by atoms with Gasteiger partial charge in [0.25, 0.3) is 0 Å². The molecule has 2 N–H and O–H groups in total. The largest absolute Gasteiger partial charge is 0.324 e. The number of carbonyl (C=O) groups is 1. The number of nitrogens with two attached hydrogens (primary N) is 1. The van der Waals surface area contributed by atoms with Crippen molar-refractivity contribution in [3.63, 3.8) is 0 Å². The van der Waals surface area contributed by atoms with E-state index in [1.165, 1.54) is 0 Å². The molecular weight excluding hydrogens is 118 g/mol. The Morgan fingerprint density at radius 3 is 1.67 bits per heavy atom. The molecule has 40 valence electrons. The van der Waals surface area contributed by atoms with Gasteiger partial charge in [-0.05, 0) is 0 Å². The maximum atomic E-state index is 9.05. The summed E-state index contributed by atoms with van der Waals surface area (Å²) in [4.78, 5) is 9.05. The van der Waals surface area contributed by atoms with Gasteiger partial charge in [0, 0.05) is 6.54 Å². The highest BCUT2D eigenvalue weighted by atomic mass is 32.1. The Kier molecular flexibility index (Phi) is 49.8. The van der Waals surface area contributed by atoms with Crippen LogP contribution in [0.1, 0.15) is 0 Å². The van der Waals surface area contributed by atoms with E-state index in [9.17, 15) is 0 Å². The molecule has 2 nitrogen and oxygen atoms in total. The molecule has 0 aliphatic heterocycles. The van der Waals surface area contributed by atoms with E-state index in [-0.39, 0.29) is 33.5 Å². The number of rotatable bonds is 1. The summed E-state index contributed by atoms with van der Waals surface area (Å²) < 4.78 is 0. The summed E-state index contributed by atoms with van der Waals surface area (Å²) >= 11 is 0. The van der Waals surface area contributed by atoms with E-state index >= 15 is 0 Å². The third-order valence-electron chi connectivity index (χ3n) is 0.0962. The average molecular weight is 127 g/mol. The van der Waals surface area contributed by atoms with Crippen molar-refractivity contribution in [2.24, 2.45) is 5.73 Å². The number of aldehydes is 1. The van der Waals surface area contributed by atoms with Crippen LogP contribution in [0, 0.1) is 0 Å². The molecule has 0 unspecified atom stereocenters. The monoisotopic (exact) mass is 127 g/mol. The first kappa shape index (κ1) is 16.2. The van der Waals surface area contributed by atoms with Crippen LogP contribution in [0.25, 0.3) is 0 Å². The van der Waals surface area contributed by atoms with Crippen LogP contribution in [0.2, 0.25) is 0 Å². The summed E-state index contributed by atoms with van der Waals surface area (Å²) in [7, 11) is 0. The van der Waals surface area contributed by atoms with Gasteiger partial charge in [-0.2, -0.15) is 27.0 Å². The highest BCUT2D eigenvalue weighted by Gasteiger charge is 1.51. The lowest BCUT2D eigenvalue weighted by Crippen LogP contribution is -1.97. The molecule has 0 rings (SSSR count). The van der Waals surface area contributed by atoms with Gasteiger partial charge in [0.2, 0.25) is 0 Å². The molecule has 0 fully saturated rings. The van der Waals surface area contributed by atoms with Crippen molar-refractivity contribution in [3.05, 3.63) is 0 Å². The zero-order chi connectivity index (χ0) is 3.41. The van der Waals surface area contributed by atoms with E-state index in [4.69, 9.17) is 4.79 Å². The highest BCUT2D eigenvalue weighted by Crippen LogP contribution is 1.18. The van der Waals surface area contributed by atoms with E-state index in [1.807, 2.05) is 0 Å². The van der Waals surface area contributed by atoms with Crippen LogP contribution in [-0.4, -0.2) is 12.8 Å². The fraction of sp³-hybridized carbons (Fsp3) is 0.500. The smallest absolute Gasteiger partial charge is 0.133 e. The van der Waals surface area contributed by atoms with Crippen LogP contribution in [0.3, 0.4) is 0 Å². The van der Waals surface area contributed by atoms with Gasteiger partial charge in [-0.3, -0.25) is 0 Å². The molecule has 0 aromatic carbocycles. The fourth-order valence-electron chi connectivity index (χ4n) is 0. The molecule has 0 heterocycles. The third-order valence-corrected chi connectivity index (χ3v) is 0.0962. The Morgan fingerprint density at radius 1 is 1.50 bits per heavy atom. The van der Waals surface area contributed by atoms with Crippen molar-refractivity contribution >= 4 is 33.3 Å². The van der Waals surface area contributed by atoms with Crippen molar-refractivity contribution in [1.29, 1.82) is 0 Å². The molecule has 0 aromatic rings.